The summed E-state index contributed by atoms with van der Waals surface area (Å²) in [6.07, 6.45) is 0. The molecule has 0 bridgehead atoms. The summed E-state index contributed by atoms with van der Waals surface area (Å²) in [5, 5.41) is 20.1. The summed E-state index contributed by atoms with van der Waals surface area (Å²) in [6.45, 7) is 0. The molecule has 5 nitrogen and oxygen atoms in total. The molecule has 0 fully saturated rings. The molecule has 114 valence electrons. The van der Waals surface area contributed by atoms with Gasteiger partial charge in [-0.3, -0.25) is 10.1 Å². The molecule has 1 unspecified atom stereocenters. The Morgan fingerprint density at radius 2 is 1.57 bits per heavy atom. The Morgan fingerprint density at radius 1 is 1.04 bits per heavy atom. The van der Waals surface area contributed by atoms with Crippen LogP contribution in [0.3, 0.4) is 0 Å². The van der Waals surface area contributed by atoms with Crippen LogP contribution in [0.4, 0.5) is 0 Å². The molecule has 4 rings (SSSR count). The van der Waals surface area contributed by atoms with E-state index in [1.807, 2.05) is 48.5 Å². The van der Waals surface area contributed by atoms with E-state index in [2.05, 4.69) is 10.2 Å². The van der Waals surface area contributed by atoms with Crippen LogP contribution in [-0.4, -0.2) is 11.0 Å². The number of rotatable bonds is 1. The fourth-order valence-corrected chi connectivity index (χ4v) is 3.76. The van der Waals surface area contributed by atoms with Crippen molar-refractivity contribution in [2.24, 2.45) is 10.2 Å². The van der Waals surface area contributed by atoms with Gasteiger partial charge in [-0.05, 0) is 11.1 Å². The van der Waals surface area contributed by atoms with E-state index in [9.17, 15) is 10.1 Å². The maximum atomic E-state index is 11.8. The number of benzene rings is 2. The lowest BCUT2D eigenvalue weighted by Gasteiger charge is -2.23. The van der Waals surface area contributed by atoms with Crippen molar-refractivity contribution in [2.75, 3.05) is 0 Å². The Hall–Kier alpha value is -2.24. The van der Waals surface area contributed by atoms with Crippen molar-refractivity contribution in [3.05, 3.63) is 80.0 Å². The summed E-state index contributed by atoms with van der Waals surface area (Å²) in [5.41, 5.74) is 2.10. The smallest absolute Gasteiger partial charge is 0.264 e. The van der Waals surface area contributed by atoms with Gasteiger partial charge < -0.3 is 0 Å². The van der Waals surface area contributed by atoms with Gasteiger partial charge in [-0.1, -0.05) is 71.7 Å². The summed E-state index contributed by atoms with van der Waals surface area (Å²) in [4.78, 5) is 11.4. The molecule has 1 aliphatic carbocycles. The Morgan fingerprint density at radius 3 is 2.04 bits per heavy atom. The zero-order valence-corrected chi connectivity index (χ0v) is 13.1. The third kappa shape index (κ3) is 1.75. The molecule has 0 aromatic heterocycles. The predicted molar refractivity (Wildman–Crippen MR) is 87.0 cm³/mol. The number of nitro groups is 1. The van der Waals surface area contributed by atoms with E-state index >= 15 is 0 Å². The van der Waals surface area contributed by atoms with Crippen molar-refractivity contribution in [1.29, 1.82) is 0 Å². The fourth-order valence-electron chi connectivity index (χ4n) is 3.48. The first-order chi connectivity index (χ1) is 11.1. The molecule has 2 aromatic rings. The maximum absolute atomic E-state index is 11.8. The summed E-state index contributed by atoms with van der Waals surface area (Å²) in [7, 11) is 0. The van der Waals surface area contributed by atoms with Gasteiger partial charge in [0.05, 0.1) is 0 Å². The molecule has 23 heavy (non-hydrogen) atoms. The van der Waals surface area contributed by atoms with Gasteiger partial charge in [0, 0.05) is 16.1 Å². The van der Waals surface area contributed by atoms with Gasteiger partial charge in [0.1, 0.15) is 4.49 Å². The highest BCUT2D eigenvalue weighted by molar-refractivity contribution is 6.56. The first kappa shape index (κ1) is 14.4. The second-order valence-corrected chi connectivity index (χ2v) is 6.34. The largest absolute Gasteiger partial charge is 0.293 e. The molecule has 7 heteroatoms. The van der Waals surface area contributed by atoms with Gasteiger partial charge in [-0.15, -0.1) is 5.11 Å². The van der Waals surface area contributed by atoms with Crippen molar-refractivity contribution in [3.63, 3.8) is 0 Å². The van der Waals surface area contributed by atoms with Gasteiger partial charge in [0.25, 0.3) is 6.04 Å². The summed E-state index contributed by atoms with van der Waals surface area (Å²) in [5.74, 6) is 0. The Kier molecular flexibility index (Phi) is 3.04. The minimum atomic E-state index is -1.25. The highest BCUT2D eigenvalue weighted by Gasteiger charge is 2.61. The number of nitrogens with zero attached hydrogens (tertiary/aromatic N) is 3. The van der Waals surface area contributed by atoms with Gasteiger partial charge in [-0.2, -0.15) is 5.11 Å². The van der Waals surface area contributed by atoms with Crippen molar-refractivity contribution < 1.29 is 4.92 Å². The van der Waals surface area contributed by atoms with Gasteiger partial charge in [0.15, 0.2) is 5.70 Å². The molecule has 2 aliphatic rings. The van der Waals surface area contributed by atoms with Crippen LogP contribution in [0.1, 0.15) is 11.1 Å². The lowest BCUT2D eigenvalue weighted by Crippen LogP contribution is -2.40. The van der Waals surface area contributed by atoms with Crippen LogP contribution in [0, 0.1) is 10.1 Å². The number of fused-ring (bicyclic) bond motifs is 5. The van der Waals surface area contributed by atoms with E-state index in [1.165, 1.54) is 0 Å². The molecular weight excluding hydrogens is 337 g/mol. The molecule has 1 atom stereocenters. The monoisotopic (exact) mass is 345 g/mol. The standard InChI is InChI=1S/C16H9Cl2N3O2/c17-15(18)13-14(21(22)23)16(20-19-13)11-7-3-1-5-9(11)10-6-2-4-8-12(10)16/h1-8,14H. The van der Waals surface area contributed by atoms with Gasteiger partial charge in [-0.25, -0.2) is 0 Å². The lowest BCUT2D eigenvalue weighted by molar-refractivity contribution is -0.519. The maximum Gasteiger partial charge on any atom is 0.293 e. The zero-order valence-electron chi connectivity index (χ0n) is 11.6. The van der Waals surface area contributed by atoms with E-state index in [0.717, 1.165) is 22.3 Å². The molecule has 0 amide bonds. The minimum absolute atomic E-state index is 0.00941. The SMILES string of the molecule is O=[N+]([O-])C1C(=C(Cl)Cl)N=NC12c1ccccc1-c1ccccc12. The van der Waals surface area contributed by atoms with E-state index < -0.39 is 16.5 Å². The fraction of sp³-hybridized carbons (Fsp3) is 0.125. The highest BCUT2D eigenvalue weighted by Crippen LogP contribution is 2.56. The van der Waals surface area contributed by atoms with E-state index in [-0.39, 0.29) is 10.2 Å². The molecule has 1 heterocycles. The Balaban J connectivity index is 2.11. The number of halogens is 2. The van der Waals surface area contributed by atoms with Crippen molar-refractivity contribution in [1.82, 2.24) is 0 Å². The topological polar surface area (TPSA) is 67.9 Å². The van der Waals surface area contributed by atoms with Gasteiger partial charge in [0.2, 0.25) is 5.54 Å². The molecule has 1 aliphatic heterocycles. The summed E-state index contributed by atoms with van der Waals surface area (Å²) >= 11 is 11.7. The van der Waals surface area contributed by atoms with E-state index in [1.54, 1.807) is 0 Å². The minimum Gasteiger partial charge on any atom is -0.264 e. The van der Waals surface area contributed by atoms with Crippen molar-refractivity contribution in [2.45, 2.75) is 11.6 Å². The number of hydrogen-bond acceptors (Lipinski definition) is 4. The third-order valence-corrected chi connectivity index (χ3v) is 4.73. The molecule has 2 aromatic carbocycles. The van der Waals surface area contributed by atoms with Crippen LogP contribution in [-0.2, 0) is 5.54 Å². The molecular formula is C16H9Cl2N3O2. The van der Waals surface area contributed by atoms with Gasteiger partial charge >= 0.3 is 0 Å². The Labute approximate surface area is 141 Å². The molecule has 0 N–H and O–H groups in total. The average Bonchev–Trinajstić information content (AvgIpc) is 3.08. The Bertz CT molecular complexity index is 858. The molecule has 0 radical (unpaired) electrons. The third-order valence-electron chi connectivity index (χ3n) is 4.34. The number of hydrogen-bond donors (Lipinski definition) is 0. The van der Waals surface area contributed by atoms with Crippen molar-refractivity contribution >= 4 is 23.2 Å². The van der Waals surface area contributed by atoms with Crippen LogP contribution in [0.5, 0.6) is 0 Å². The zero-order chi connectivity index (χ0) is 16.2. The molecule has 0 saturated heterocycles. The van der Waals surface area contributed by atoms with E-state index in [4.69, 9.17) is 23.2 Å². The summed E-state index contributed by atoms with van der Waals surface area (Å²) < 4.78 is -0.228. The lowest BCUT2D eigenvalue weighted by atomic mass is 9.81. The van der Waals surface area contributed by atoms with Crippen LogP contribution in [0.2, 0.25) is 0 Å². The summed E-state index contributed by atoms with van der Waals surface area (Å²) in [6, 6.07) is 13.8. The molecule has 1 spiro atoms. The van der Waals surface area contributed by atoms with Crippen LogP contribution in [0.25, 0.3) is 11.1 Å². The second-order valence-electron chi connectivity index (χ2n) is 5.39. The normalized spacial score (nSPS) is 19.7. The van der Waals surface area contributed by atoms with Crippen molar-refractivity contribution in [3.8, 4) is 11.1 Å². The number of azo groups is 1. The second kappa shape index (κ2) is 4.88. The highest BCUT2D eigenvalue weighted by atomic mass is 35.5. The van der Waals surface area contributed by atoms with Crippen LogP contribution in [0.15, 0.2) is 68.9 Å². The van der Waals surface area contributed by atoms with Crippen LogP contribution >= 0.6 is 23.2 Å². The predicted octanol–water partition coefficient (Wildman–Crippen LogP) is 4.67. The van der Waals surface area contributed by atoms with E-state index in [0.29, 0.717) is 0 Å². The quantitative estimate of drug-likeness (QED) is 0.556. The van der Waals surface area contributed by atoms with Crippen LogP contribution < -0.4 is 0 Å². The average molecular weight is 346 g/mol. The molecule has 0 saturated carbocycles. The first-order valence-electron chi connectivity index (χ1n) is 6.88. The first-order valence-corrected chi connectivity index (χ1v) is 7.64.